The van der Waals surface area contributed by atoms with Gasteiger partial charge in [0.1, 0.15) is 24.7 Å². The number of halogens is 1. The van der Waals surface area contributed by atoms with E-state index < -0.39 is 28.3 Å². The van der Waals surface area contributed by atoms with Gasteiger partial charge in [0, 0.05) is 0 Å². The van der Waals surface area contributed by atoms with E-state index in [4.69, 9.17) is 4.74 Å². The molecule has 0 bridgehead atoms. The number of hydrogen-bond acceptors (Lipinski definition) is 4. The summed E-state index contributed by atoms with van der Waals surface area (Å²) in [7, 11) is -4.15. The third-order valence-corrected chi connectivity index (χ3v) is 6.54. The average molecular weight is 457 g/mol. The van der Waals surface area contributed by atoms with Crippen molar-refractivity contribution in [2.45, 2.75) is 18.2 Å². The Morgan fingerprint density at radius 2 is 1.62 bits per heavy atom. The van der Waals surface area contributed by atoms with Crippen molar-refractivity contribution in [3.63, 3.8) is 0 Å². The lowest BCUT2D eigenvalue weighted by atomic mass is 10.2. The number of rotatable bonds is 10. The SMILES string of the molecule is CCc1ccc(OCCNC(=O)CN(c2ccccc2F)S(=O)(=O)c2ccccc2)cc1. The van der Waals surface area contributed by atoms with E-state index in [9.17, 15) is 17.6 Å². The molecule has 3 aromatic carbocycles. The number of nitrogens with one attached hydrogen (secondary N) is 1. The van der Waals surface area contributed by atoms with Crippen LogP contribution in [0.1, 0.15) is 12.5 Å². The lowest BCUT2D eigenvalue weighted by molar-refractivity contribution is -0.119. The fourth-order valence-corrected chi connectivity index (χ4v) is 4.49. The van der Waals surface area contributed by atoms with Crippen LogP contribution >= 0.6 is 0 Å². The number of sulfonamides is 1. The van der Waals surface area contributed by atoms with Crippen molar-refractivity contribution in [1.29, 1.82) is 0 Å². The molecule has 32 heavy (non-hydrogen) atoms. The Bertz CT molecular complexity index is 1140. The summed E-state index contributed by atoms with van der Waals surface area (Å²) in [6.07, 6.45) is 0.931. The maximum Gasteiger partial charge on any atom is 0.264 e. The van der Waals surface area contributed by atoms with Crippen LogP contribution in [0, 0.1) is 5.82 Å². The van der Waals surface area contributed by atoms with Gasteiger partial charge in [-0.05, 0) is 48.4 Å². The van der Waals surface area contributed by atoms with Crippen LogP contribution in [0.15, 0.2) is 83.8 Å². The molecule has 6 nitrogen and oxygen atoms in total. The first kappa shape index (κ1) is 23.3. The van der Waals surface area contributed by atoms with Crippen LogP contribution in [-0.4, -0.2) is 34.0 Å². The van der Waals surface area contributed by atoms with Crippen molar-refractivity contribution < 1.29 is 22.3 Å². The predicted octanol–water partition coefficient (Wildman–Crippen LogP) is 3.78. The summed E-state index contributed by atoms with van der Waals surface area (Å²) in [4.78, 5) is 12.5. The van der Waals surface area contributed by atoms with Crippen LogP contribution in [0.25, 0.3) is 0 Å². The largest absolute Gasteiger partial charge is 0.492 e. The van der Waals surface area contributed by atoms with E-state index in [2.05, 4.69) is 12.2 Å². The first-order chi connectivity index (χ1) is 15.4. The van der Waals surface area contributed by atoms with Gasteiger partial charge in [-0.1, -0.05) is 49.4 Å². The minimum absolute atomic E-state index is 0.0325. The second-order valence-electron chi connectivity index (χ2n) is 6.97. The van der Waals surface area contributed by atoms with E-state index in [1.807, 2.05) is 24.3 Å². The summed E-state index contributed by atoms with van der Waals surface area (Å²) < 4.78 is 47.1. The molecule has 3 aromatic rings. The van der Waals surface area contributed by atoms with Crippen molar-refractivity contribution in [2.75, 3.05) is 24.0 Å². The van der Waals surface area contributed by atoms with Crippen molar-refractivity contribution in [3.8, 4) is 5.75 Å². The van der Waals surface area contributed by atoms with Crippen LogP contribution in [0.3, 0.4) is 0 Å². The minimum Gasteiger partial charge on any atom is -0.492 e. The molecule has 8 heteroatoms. The van der Waals surface area contributed by atoms with Crippen LogP contribution < -0.4 is 14.4 Å². The zero-order chi connectivity index (χ0) is 23.0. The molecular formula is C24H25FN2O4S. The molecule has 1 N–H and O–H groups in total. The van der Waals surface area contributed by atoms with Crippen LogP contribution in [-0.2, 0) is 21.2 Å². The van der Waals surface area contributed by atoms with Crippen LogP contribution in [0.2, 0.25) is 0 Å². The second-order valence-corrected chi connectivity index (χ2v) is 8.83. The van der Waals surface area contributed by atoms with E-state index in [1.165, 1.54) is 35.9 Å². The number of aryl methyl sites for hydroxylation is 1. The first-order valence-corrected chi connectivity index (χ1v) is 11.7. The zero-order valence-electron chi connectivity index (χ0n) is 17.7. The number of anilines is 1. The van der Waals surface area contributed by atoms with E-state index in [0.717, 1.165) is 16.8 Å². The average Bonchev–Trinajstić information content (AvgIpc) is 2.82. The highest BCUT2D eigenvalue weighted by atomic mass is 32.2. The number of hydrogen-bond donors (Lipinski definition) is 1. The molecule has 0 radical (unpaired) electrons. The molecule has 168 valence electrons. The molecule has 0 aromatic heterocycles. The quantitative estimate of drug-likeness (QED) is 0.471. The fraction of sp³-hybridized carbons (Fsp3) is 0.208. The summed E-state index contributed by atoms with van der Waals surface area (Å²) in [6, 6.07) is 20.7. The minimum atomic E-state index is -4.15. The molecule has 0 saturated carbocycles. The van der Waals surface area contributed by atoms with Crippen molar-refractivity contribution in [2.24, 2.45) is 0 Å². The van der Waals surface area contributed by atoms with Gasteiger partial charge in [0.05, 0.1) is 17.1 Å². The smallest absolute Gasteiger partial charge is 0.264 e. The lowest BCUT2D eigenvalue weighted by Gasteiger charge is -2.24. The second kappa shape index (κ2) is 10.8. The highest BCUT2D eigenvalue weighted by Crippen LogP contribution is 2.25. The summed E-state index contributed by atoms with van der Waals surface area (Å²) in [5.41, 5.74) is 0.997. The number of carbonyl (C=O) groups excluding carboxylic acids is 1. The topological polar surface area (TPSA) is 75.7 Å². The predicted molar refractivity (Wildman–Crippen MR) is 122 cm³/mol. The number of nitrogens with zero attached hydrogens (tertiary/aromatic N) is 1. The standard InChI is InChI=1S/C24H25FN2O4S/c1-2-19-12-14-20(15-13-19)31-17-16-26-24(28)18-27(23-11-7-6-10-22(23)25)32(29,30)21-8-4-3-5-9-21/h3-15H,2,16-18H2,1H3,(H,26,28). The lowest BCUT2D eigenvalue weighted by Crippen LogP contribution is -2.42. The molecule has 0 saturated heterocycles. The number of carbonyl (C=O) groups is 1. The Kier molecular flexibility index (Phi) is 7.83. The summed E-state index contributed by atoms with van der Waals surface area (Å²) >= 11 is 0. The van der Waals surface area contributed by atoms with Gasteiger partial charge in [-0.3, -0.25) is 9.10 Å². The Hall–Kier alpha value is -3.39. The summed E-state index contributed by atoms with van der Waals surface area (Å²) in [5.74, 6) is -0.632. The van der Waals surface area contributed by atoms with Crippen LogP contribution in [0.5, 0.6) is 5.75 Å². The van der Waals surface area contributed by atoms with Crippen molar-refractivity contribution in [3.05, 3.63) is 90.2 Å². The third-order valence-electron chi connectivity index (χ3n) is 4.76. The molecule has 0 unspecified atom stereocenters. The molecule has 0 aliphatic rings. The molecular weight excluding hydrogens is 431 g/mol. The Morgan fingerprint density at radius 3 is 2.28 bits per heavy atom. The summed E-state index contributed by atoms with van der Waals surface area (Å²) in [6.45, 7) is 1.88. The van der Waals surface area contributed by atoms with Gasteiger partial charge in [0.15, 0.2) is 0 Å². The first-order valence-electron chi connectivity index (χ1n) is 10.2. The monoisotopic (exact) mass is 456 g/mol. The molecule has 0 aliphatic heterocycles. The maximum atomic E-state index is 14.4. The Morgan fingerprint density at radius 1 is 0.969 bits per heavy atom. The molecule has 0 fully saturated rings. The highest BCUT2D eigenvalue weighted by Gasteiger charge is 2.28. The highest BCUT2D eigenvalue weighted by molar-refractivity contribution is 7.92. The molecule has 3 rings (SSSR count). The Labute approximate surface area is 187 Å². The third kappa shape index (κ3) is 5.85. The molecule has 0 heterocycles. The summed E-state index contributed by atoms with van der Waals surface area (Å²) in [5, 5.41) is 2.63. The maximum absolute atomic E-state index is 14.4. The van der Waals surface area contributed by atoms with Crippen molar-refractivity contribution in [1.82, 2.24) is 5.32 Å². The van der Waals surface area contributed by atoms with Gasteiger partial charge < -0.3 is 10.1 Å². The van der Waals surface area contributed by atoms with E-state index in [-0.39, 0.29) is 23.7 Å². The Balaban J connectivity index is 1.67. The molecule has 0 atom stereocenters. The fourth-order valence-electron chi connectivity index (χ4n) is 3.04. The molecule has 0 spiro atoms. The van der Waals surface area contributed by atoms with Gasteiger partial charge in [-0.25, -0.2) is 12.8 Å². The number of amides is 1. The number of benzene rings is 3. The van der Waals surface area contributed by atoms with Crippen LogP contribution in [0.4, 0.5) is 10.1 Å². The molecule has 1 amide bonds. The van der Waals surface area contributed by atoms with Gasteiger partial charge in [0.2, 0.25) is 5.91 Å². The van der Waals surface area contributed by atoms with Gasteiger partial charge in [-0.15, -0.1) is 0 Å². The molecule has 0 aliphatic carbocycles. The van der Waals surface area contributed by atoms with Crippen molar-refractivity contribution >= 4 is 21.6 Å². The van der Waals surface area contributed by atoms with Gasteiger partial charge >= 0.3 is 0 Å². The van der Waals surface area contributed by atoms with E-state index in [1.54, 1.807) is 18.2 Å². The van der Waals surface area contributed by atoms with Gasteiger partial charge in [0.25, 0.3) is 10.0 Å². The van der Waals surface area contributed by atoms with E-state index in [0.29, 0.717) is 5.75 Å². The zero-order valence-corrected chi connectivity index (χ0v) is 18.5. The number of ether oxygens (including phenoxy) is 1. The van der Waals surface area contributed by atoms with E-state index >= 15 is 0 Å². The normalized spacial score (nSPS) is 11.1. The number of para-hydroxylation sites is 1. The van der Waals surface area contributed by atoms with Gasteiger partial charge in [-0.2, -0.15) is 0 Å².